The smallest absolute Gasteiger partial charge is 0.301 e. The molecule has 30 heavy (non-hydrogen) atoms. The number of amides is 1. The molecule has 0 radical (unpaired) electrons. The molecule has 2 aromatic carbocycles. The monoisotopic (exact) mass is 405 g/mol. The number of anilines is 1. The zero-order chi connectivity index (χ0) is 21.4. The van der Waals surface area contributed by atoms with E-state index in [9.17, 15) is 24.8 Å². The molecule has 0 aliphatic carbocycles. The highest BCUT2D eigenvalue weighted by atomic mass is 16.6. The fourth-order valence-corrected chi connectivity index (χ4v) is 3.41. The fraction of sp³-hybridized carbons (Fsp3) is 0.0952. The number of ketones is 1. The number of Topliss-reactive ketones (excluding diaryl/α,β-unsaturated/α-hetero) is 1. The predicted octanol–water partition coefficient (Wildman–Crippen LogP) is 3.52. The van der Waals surface area contributed by atoms with Gasteiger partial charge in [0.25, 0.3) is 11.5 Å². The minimum Gasteiger partial charge on any atom is -0.507 e. The number of nitro benzene ring substituents is 1. The molecule has 1 atom stereocenters. The molecule has 1 aliphatic heterocycles. The summed E-state index contributed by atoms with van der Waals surface area (Å²) in [6, 6.07) is 14.2. The molecule has 9 nitrogen and oxygen atoms in total. The van der Waals surface area contributed by atoms with Gasteiger partial charge in [-0.05, 0) is 12.5 Å². The van der Waals surface area contributed by atoms with Crippen molar-refractivity contribution in [3.8, 4) is 0 Å². The molecule has 9 heteroatoms. The van der Waals surface area contributed by atoms with Crippen LogP contribution < -0.4 is 4.90 Å². The number of carbonyl (C=O) groups is 2. The number of aryl methyl sites for hydroxylation is 1. The van der Waals surface area contributed by atoms with Crippen LogP contribution in [0.3, 0.4) is 0 Å². The SMILES string of the molecule is Cc1cc(N2C(=O)C(=O)C(=C(O)c3ccccc3)[C@@H]2c2cccc([N+](=O)[O-])c2)no1. The molecule has 3 aromatic rings. The second-order valence-electron chi connectivity index (χ2n) is 6.68. The van der Waals surface area contributed by atoms with Crippen LogP contribution in [0, 0.1) is 17.0 Å². The molecular weight excluding hydrogens is 390 g/mol. The van der Waals surface area contributed by atoms with E-state index in [1.165, 1.54) is 24.3 Å². The lowest BCUT2D eigenvalue weighted by atomic mass is 9.95. The highest BCUT2D eigenvalue weighted by Gasteiger charge is 2.48. The molecule has 0 bridgehead atoms. The van der Waals surface area contributed by atoms with Gasteiger partial charge in [0.15, 0.2) is 5.82 Å². The number of aliphatic hydroxyl groups is 1. The van der Waals surface area contributed by atoms with E-state index in [-0.39, 0.29) is 28.4 Å². The summed E-state index contributed by atoms with van der Waals surface area (Å²) in [5, 5.41) is 26.0. The Labute approximate surface area is 170 Å². The first-order valence-electron chi connectivity index (χ1n) is 8.92. The van der Waals surface area contributed by atoms with Crippen molar-refractivity contribution in [3.63, 3.8) is 0 Å². The molecule has 1 fully saturated rings. The van der Waals surface area contributed by atoms with E-state index in [1.54, 1.807) is 43.3 Å². The molecule has 4 rings (SSSR count). The van der Waals surface area contributed by atoms with Gasteiger partial charge in [-0.2, -0.15) is 0 Å². The van der Waals surface area contributed by atoms with Crippen LogP contribution in [0.2, 0.25) is 0 Å². The van der Waals surface area contributed by atoms with Crippen molar-refractivity contribution >= 4 is 29.0 Å². The van der Waals surface area contributed by atoms with Gasteiger partial charge >= 0.3 is 5.91 Å². The average Bonchev–Trinajstić information content (AvgIpc) is 3.29. The molecule has 1 aromatic heterocycles. The van der Waals surface area contributed by atoms with E-state index in [0.717, 1.165) is 4.90 Å². The zero-order valence-electron chi connectivity index (χ0n) is 15.7. The number of carbonyl (C=O) groups excluding carboxylic acids is 2. The molecule has 1 aliphatic rings. The van der Waals surface area contributed by atoms with Gasteiger partial charge in [-0.15, -0.1) is 0 Å². The number of aromatic nitrogens is 1. The number of hydrogen-bond donors (Lipinski definition) is 1. The number of nitrogens with zero attached hydrogens (tertiary/aromatic N) is 3. The van der Waals surface area contributed by atoms with Crippen LogP contribution in [0.1, 0.15) is 22.9 Å². The third-order valence-electron chi connectivity index (χ3n) is 4.75. The van der Waals surface area contributed by atoms with Gasteiger partial charge in [0.2, 0.25) is 0 Å². The second kappa shape index (κ2) is 7.28. The van der Waals surface area contributed by atoms with Gasteiger partial charge in [-0.3, -0.25) is 24.6 Å². The standard InChI is InChI=1S/C21H15N3O6/c1-12-10-16(22-30-12)23-18(14-8-5-9-15(11-14)24(28)29)17(20(26)21(23)27)19(25)13-6-3-2-4-7-13/h2-11,18,25H,1H3/t18-/m0/s1. The van der Waals surface area contributed by atoms with Gasteiger partial charge in [0.05, 0.1) is 16.5 Å². The Morgan fingerprint density at radius 2 is 1.87 bits per heavy atom. The topological polar surface area (TPSA) is 127 Å². The normalized spacial score (nSPS) is 18.0. The number of hydrogen-bond acceptors (Lipinski definition) is 7. The van der Waals surface area contributed by atoms with Crippen LogP contribution in [0.25, 0.3) is 5.76 Å². The van der Waals surface area contributed by atoms with Crippen molar-refractivity contribution < 1.29 is 24.1 Å². The molecule has 2 heterocycles. The van der Waals surface area contributed by atoms with Crippen molar-refractivity contribution in [1.29, 1.82) is 0 Å². The Morgan fingerprint density at radius 1 is 1.13 bits per heavy atom. The van der Waals surface area contributed by atoms with Gasteiger partial charge < -0.3 is 9.63 Å². The van der Waals surface area contributed by atoms with Crippen LogP contribution in [-0.2, 0) is 9.59 Å². The lowest BCUT2D eigenvalue weighted by Gasteiger charge is -2.22. The Bertz CT molecular complexity index is 1200. The van der Waals surface area contributed by atoms with E-state index in [4.69, 9.17) is 4.52 Å². The van der Waals surface area contributed by atoms with E-state index < -0.39 is 22.7 Å². The summed E-state index contributed by atoms with van der Waals surface area (Å²) in [4.78, 5) is 37.5. The maximum atomic E-state index is 12.9. The number of benzene rings is 2. The Balaban J connectivity index is 1.97. The molecule has 1 amide bonds. The van der Waals surface area contributed by atoms with Crippen molar-refractivity contribution in [3.05, 3.63) is 93.2 Å². The minimum atomic E-state index is -1.12. The number of rotatable bonds is 4. The Kier molecular flexibility index (Phi) is 4.63. The molecule has 0 spiro atoms. The zero-order valence-corrected chi connectivity index (χ0v) is 15.7. The first kappa shape index (κ1) is 19.1. The summed E-state index contributed by atoms with van der Waals surface area (Å²) in [6.07, 6.45) is 0. The lowest BCUT2D eigenvalue weighted by molar-refractivity contribution is -0.384. The van der Waals surface area contributed by atoms with Crippen LogP contribution in [0.5, 0.6) is 0 Å². The molecule has 150 valence electrons. The number of non-ortho nitro benzene ring substituents is 1. The highest BCUT2D eigenvalue weighted by molar-refractivity contribution is 6.51. The van der Waals surface area contributed by atoms with Crippen LogP contribution >= 0.6 is 0 Å². The third kappa shape index (κ3) is 3.12. The summed E-state index contributed by atoms with van der Waals surface area (Å²) in [7, 11) is 0. The van der Waals surface area contributed by atoms with E-state index >= 15 is 0 Å². The summed E-state index contributed by atoms with van der Waals surface area (Å²) in [5.41, 5.74) is 0.213. The first-order valence-corrected chi connectivity index (χ1v) is 8.92. The van der Waals surface area contributed by atoms with Crippen LogP contribution in [-0.4, -0.2) is 26.9 Å². The minimum absolute atomic E-state index is 0.0678. The first-order chi connectivity index (χ1) is 14.4. The third-order valence-corrected chi connectivity index (χ3v) is 4.75. The highest BCUT2D eigenvalue weighted by Crippen LogP contribution is 2.42. The second-order valence-corrected chi connectivity index (χ2v) is 6.68. The summed E-state index contributed by atoms with van der Waals surface area (Å²) < 4.78 is 5.05. The van der Waals surface area contributed by atoms with Gasteiger partial charge in [-0.1, -0.05) is 47.6 Å². The quantitative estimate of drug-likeness (QED) is 0.231. The van der Waals surface area contributed by atoms with Gasteiger partial charge in [-0.25, -0.2) is 0 Å². The molecular formula is C21H15N3O6. The van der Waals surface area contributed by atoms with Crippen molar-refractivity contribution in [2.24, 2.45) is 0 Å². The van der Waals surface area contributed by atoms with Crippen molar-refractivity contribution in [2.45, 2.75) is 13.0 Å². The number of nitro groups is 1. The largest absolute Gasteiger partial charge is 0.507 e. The van der Waals surface area contributed by atoms with E-state index in [1.807, 2.05) is 0 Å². The van der Waals surface area contributed by atoms with Crippen LogP contribution in [0.15, 0.2) is 70.8 Å². The van der Waals surface area contributed by atoms with Crippen molar-refractivity contribution in [1.82, 2.24) is 5.16 Å². The van der Waals surface area contributed by atoms with Crippen molar-refractivity contribution in [2.75, 3.05) is 4.90 Å². The predicted molar refractivity (Wildman–Crippen MR) is 106 cm³/mol. The van der Waals surface area contributed by atoms with Crippen LogP contribution in [0.4, 0.5) is 11.5 Å². The van der Waals surface area contributed by atoms with Gasteiger partial charge in [0, 0.05) is 23.8 Å². The average molecular weight is 405 g/mol. The Hall–Kier alpha value is -4.27. The molecule has 1 saturated heterocycles. The summed E-state index contributed by atoms with van der Waals surface area (Å²) in [6.45, 7) is 1.62. The molecule has 0 unspecified atom stereocenters. The summed E-state index contributed by atoms with van der Waals surface area (Å²) >= 11 is 0. The van der Waals surface area contributed by atoms with Gasteiger partial charge in [0.1, 0.15) is 11.5 Å². The Morgan fingerprint density at radius 3 is 2.50 bits per heavy atom. The fourth-order valence-electron chi connectivity index (χ4n) is 3.41. The maximum absolute atomic E-state index is 12.9. The van der Waals surface area contributed by atoms with E-state index in [2.05, 4.69) is 5.16 Å². The lowest BCUT2D eigenvalue weighted by Crippen LogP contribution is -2.29. The number of aliphatic hydroxyl groups excluding tert-OH is 1. The molecule has 0 saturated carbocycles. The summed E-state index contributed by atoms with van der Waals surface area (Å²) in [5.74, 6) is -1.75. The van der Waals surface area contributed by atoms with E-state index in [0.29, 0.717) is 11.3 Å². The maximum Gasteiger partial charge on any atom is 0.301 e. The molecule has 1 N–H and O–H groups in total.